The third kappa shape index (κ3) is 5.71. The molecule has 2 rings (SSSR count). The third-order valence-corrected chi connectivity index (χ3v) is 3.83. The summed E-state index contributed by atoms with van der Waals surface area (Å²) < 4.78 is 5.08. The van der Waals surface area contributed by atoms with Crippen LogP contribution < -0.4 is 10.6 Å². The van der Waals surface area contributed by atoms with Gasteiger partial charge in [0.2, 0.25) is 5.89 Å². The average molecular weight is 422 g/mol. The second-order valence-corrected chi connectivity index (χ2v) is 5.29. The SMILES string of the molecule is CCN1CCCC1CNC(=NC)NCCc1nc(C)no1.I. The predicted octanol–water partition coefficient (Wildman–Crippen LogP) is 1.19. The number of hydrogen-bond acceptors (Lipinski definition) is 5. The molecule has 2 heterocycles. The summed E-state index contributed by atoms with van der Waals surface area (Å²) in [6.45, 7) is 8.04. The Labute approximate surface area is 149 Å². The van der Waals surface area contributed by atoms with Crippen molar-refractivity contribution in [3.05, 3.63) is 11.7 Å². The monoisotopic (exact) mass is 422 g/mol. The first-order valence-corrected chi connectivity index (χ1v) is 7.70. The van der Waals surface area contributed by atoms with Crippen molar-refractivity contribution in [2.45, 2.75) is 39.2 Å². The minimum atomic E-state index is 0. The van der Waals surface area contributed by atoms with Crippen molar-refractivity contribution in [1.82, 2.24) is 25.7 Å². The molecule has 1 aromatic heterocycles. The van der Waals surface area contributed by atoms with Crippen LogP contribution in [-0.4, -0.2) is 60.3 Å². The highest BCUT2D eigenvalue weighted by molar-refractivity contribution is 14.0. The van der Waals surface area contributed by atoms with E-state index in [-0.39, 0.29) is 24.0 Å². The van der Waals surface area contributed by atoms with Crippen LogP contribution in [0.3, 0.4) is 0 Å². The fourth-order valence-corrected chi connectivity index (χ4v) is 2.71. The Kier molecular flexibility index (Phi) is 8.69. The first-order valence-electron chi connectivity index (χ1n) is 7.70. The highest BCUT2D eigenvalue weighted by Gasteiger charge is 2.22. The van der Waals surface area contributed by atoms with Crippen LogP contribution in [0.5, 0.6) is 0 Å². The average Bonchev–Trinajstić information content (AvgIpc) is 3.11. The molecule has 0 amide bonds. The molecule has 1 fully saturated rings. The minimum Gasteiger partial charge on any atom is -0.356 e. The van der Waals surface area contributed by atoms with Gasteiger partial charge in [0.25, 0.3) is 0 Å². The Morgan fingerprint density at radius 2 is 2.27 bits per heavy atom. The fraction of sp³-hybridized carbons (Fsp3) is 0.786. The van der Waals surface area contributed by atoms with Crippen LogP contribution in [0.2, 0.25) is 0 Å². The smallest absolute Gasteiger partial charge is 0.228 e. The van der Waals surface area contributed by atoms with Gasteiger partial charge in [-0.1, -0.05) is 12.1 Å². The van der Waals surface area contributed by atoms with Gasteiger partial charge in [-0.15, -0.1) is 24.0 Å². The molecule has 1 aliphatic heterocycles. The quantitative estimate of drug-likeness (QED) is 0.408. The number of aliphatic imine (C=N–C) groups is 1. The summed E-state index contributed by atoms with van der Waals surface area (Å²) in [4.78, 5) is 10.9. The minimum absolute atomic E-state index is 0. The van der Waals surface area contributed by atoms with Gasteiger partial charge in [-0.05, 0) is 32.9 Å². The Hall–Kier alpha value is -0.900. The lowest BCUT2D eigenvalue weighted by molar-refractivity contribution is 0.267. The Balaban J connectivity index is 0.00000242. The lowest BCUT2D eigenvalue weighted by atomic mass is 10.2. The molecular weight excluding hydrogens is 395 g/mol. The third-order valence-electron chi connectivity index (χ3n) is 3.83. The van der Waals surface area contributed by atoms with Crippen LogP contribution in [0.4, 0.5) is 0 Å². The van der Waals surface area contributed by atoms with Gasteiger partial charge in [0, 0.05) is 32.6 Å². The first kappa shape index (κ1) is 19.1. The van der Waals surface area contributed by atoms with E-state index in [2.05, 4.69) is 37.6 Å². The summed E-state index contributed by atoms with van der Waals surface area (Å²) in [7, 11) is 1.79. The number of nitrogens with zero attached hydrogens (tertiary/aromatic N) is 4. The zero-order valence-corrected chi connectivity index (χ0v) is 16.0. The molecule has 1 aliphatic rings. The Morgan fingerprint density at radius 1 is 1.45 bits per heavy atom. The van der Waals surface area contributed by atoms with Gasteiger partial charge in [0.15, 0.2) is 11.8 Å². The maximum Gasteiger partial charge on any atom is 0.228 e. The summed E-state index contributed by atoms with van der Waals surface area (Å²) >= 11 is 0. The number of likely N-dealkylation sites (tertiary alicyclic amines) is 1. The predicted molar refractivity (Wildman–Crippen MR) is 97.8 cm³/mol. The largest absolute Gasteiger partial charge is 0.356 e. The second-order valence-electron chi connectivity index (χ2n) is 5.29. The van der Waals surface area contributed by atoms with Crippen molar-refractivity contribution in [2.24, 2.45) is 4.99 Å². The number of rotatable bonds is 6. The van der Waals surface area contributed by atoms with E-state index in [9.17, 15) is 0 Å². The van der Waals surface area contributed by atoms with Gasteiger partial charge in [0.1, 0.15) is 0 Å². The second kappa shape index (κ2) is 9.98. The van der Waals surface area contributed by atoms with Crippen molar-refractivity contribution in [1.29, 1.82) is 0 Å². The molecule has 126 valence electrons. The number of aryl methyl sites for hydroxylation is 1. The van der Waals surface area contributed by atoms with E-state index in [1.165, 1.54) is 19.4 Å². The number of hydrogen-bond donors (Lipinski definition) is 2. The normalized spacial score (nSPS) is 19.0. The molecule has 0 saturated carbocycles. The van der Waals surface area contributed by atoms with Crippen LogP contribution in [0, 0.1) is 6.92 Å². The van der Waals surface area contributed by atoms with Crippen LogP contribution in [0.15, 0.2) is 9.52 Å². The highest BCUT2D eigenvalue weighted by Crippen LogP contribution is 2.15. The van der Waals surface area contributed by atoms with Crippen molar-refractivity contribution >= 4 is 29.9 Å². The standard InChI is InChI=1S/C14H26N6O.HI/c1-4-20-9-5-6-12(20)10-17-14(15-3)16-8-7-13-18-11(2)19-21-13;/h12H,4-10H2,1-3H3,(H2,15,16,17);1H. The summed E-state index contributed by atoms with van der Waals surface area (Å²) in [5, 5.41) is 10.4. The lowest BCUT2D eigenvalue weighted by Crippen LogP contribution is -2.45. The summed E-state index contributed by atoms with van der Waals surface area (Å²) in [6, 6.07) is 0.618. The Bertz CT molecular complexity index is 464. The number of halogens is 1. The van der Waals surface area contributed by atoms with Crippen molar-refractivity contribution in [2.75, 3.05) is 33.2 Å². The maximum absolute atomic E-state index is 5.08. The topological polar surface area (TPSA) is 78.6 Å². The molecule has 1 atom stereocenters. The van der Waals surface area contributed by atoms with E-state index in [0.29, 0.717) is 24.2 Å². The molecule has 8 heteroatoms. The number of nitrogens with one attached hydrogen (secondary N) is 2. The summed E-state index contributed by atoms with van der Waals surface area (Å²) in [5.41, 5.74) is 0. The Morgan fingerprint density at radius 3 is 2.91 bits per heavy atom. The molecule has 1 unspecified atom stereocenters. The van der Waals surface area contributed by atoms with E-state index in [1.54, 1.807) is 7.05 Å². The van der Waals surface area contributed by atoms with Crippen LogP contribution >= 0.6 is 24.0 Å². The molecule has 0 spiro atoms. The van der Waals surface area contributed by atoms with E-state index >= 15 is 0 Å². The zero-order chi connectivity index (χ0) is 15.1. The van der Waals surface area contributed by atoms with Gasteiger partial charge < -0.3 is 15.2 Å². The van der Waals surface area contributed by atoms with E-state index in [4.69, 9.17) is 4.52 Å². The number of guanidine groups is 1. The van der Waals surface area contributed by atoms with Crippen molar-refractivity contribution in [3.8, 4) is 0 Å². The fourth-order valence-electron chi connectivity index (χ4n) is 2.71. The molecule has 0 aliphatic carbocycles. The van der Waals surface area contributed by atoms with Gasteiger partial charge >= 0.3 is 0 Å². The van der Waals surface area contributed by atoms with Gasteiger partial charge in [0.05, 0.1) is 0 Å². The van der Waals surface area contributed by atoms with E-state index < -0.39 is 0 Å². The molecule has 0 aromatic carbocycles. The number of aromatic nitrogens is 2. The summed E-state index contributed by atoms with van der Waals surface area (Å²) in [6.07, 6.45) is 3.26. The number of likely N-dealkylation sites (N-methyl/N-ethyl adjacent to an activating group) is 1. The molecule has 2 N–H and O–H groups in total. The molecular formula is C14H27IN6O. The van der Waals surface area contributed by atoms with Gasteiger partial charge in [-0.2, -0.15) is 4.98 Å². The van der Waals surface area contributed by atoms with Gasteiger partial charge in [-0.25, -0.2) is 0 Å². The molecule has 22 heavy (non-hydrogen) atoms. The molecule has 1 saturated heterocycles. The van der Waals surface area contributed by atoms with E-state index in [0.717, 1.165) is 25.6 Å². The molecule has 7 nitrogen and oxygen atoms in total. The van der Waals surface area contributed by atoms with Crippen LogP contribution in [0.25, 0.3) is 0 Å². The van der Waals surface area contributed by atoms with Gasteiger partial charge in [-0.3, -0.25) is 9.89 Å². The van der Waals surface area contributed by atoms with Crippen molar-refractivity contribution in [3.63, 3.8) is 0 Å². The maximum atomic E-state index is 5.08. The molecule has 0 radical (unpaired) electrons. The van der Waals surface area contributed by atoms with Crippen LogP contribution in [-0.2, 0) is 6.42 Å². The van der Waals surface area contributed by atoms with E-state index in [1.807, 2.05) is 6.92 Å². The highest BCUT2D eigenvalue weighted by atomic mass is 127. The zero-order valence-electron chi connectivity index (χ0n) is 13.6. The van der Waals surface area contributed by atoms with Crippen molar-refractivity contribution < 1.29 is 4.52 Å². The molecule has 0 bridgehead atoms. The summed E-state index contributed by atoms with van der Waals surface area (Å²) in [5.74, 6) is 2.16. The first-order chi connectivity index (χ1) is 10.2. The lowest BCUT2D eigenvalue weighted by Gasteiger charge is -2.23. The molecule has 1 aromatic rings. The van der Waals surface area contributed by atoms with Crippen LogP contribution in [0.1, 0.15) is 31.5 Å².